The molecule has 1 heterocycles. The summed E-state index contributed by atoms with van der Waals surface area (Å²) in [6.45, 7) is 1.85. The first-order valence-corrected chi connectivity index (χ1v) is 8.39. The highest BCUT2D eigenvalue weighted by Gasteiger charge is 2.37. The summed E-state index contributed by atoms with van der Waals surface area (Å²) in [6.07, 6.45) is 2.61. The van der Waals surface area contributed by atoms with E-state index in [-0.39, 0.29) is 9.77 Å². The van der Waals surface area contributed by atoms with Crippen molar-refractivity contribution in [2.24, 2.45) is 0 Å². The fourth-order valence-electron chi connectivity index (χ4n) is 1.83. The highest BCUT2D eigenvalue weighted by molar-refractivity contribution is 9.11. The van der Waals surface area contributed by atoms with E-state index >= 15 is 0 Å². The van der Waals surface area contributed by atoms with Gasteiger partial charge in [0.25, 0.3) is 0 Å². The number of carboxylic acid groups (broad SMARTS) is 1. The highest BCUT2D eigenvalue weighted by Crippen LogP contribution is 2.36. The summed E-state index contributed by atoms with van der Waals surface area (Å²) in [7, 11) is -3.67. The van der Waals surface area contributed by atoms with Crippen LogP contribution in [0.5, 0.6) is 0 Å². The van der Waals surface area contributed by atoms with Crippen molar-refractivity contribution < 1.29 is 18.3 Å². The maximum absolute atomic E-state index is 12.2. The van der Waals surface area contributed by atoms with Crippen molar-refractivity contribution in [3.8, 4) is 0 Å². The number of rotatable bonds is 4. The van der Waals surface area contributed by atoms with Gasteiger partial charge in [0, 0.05) is 5.54 Å². The molecule has 0 unspecified atom stereocenters. The van der Waals surface area contributed by atoms with Gasteiger partial charge in [-0.2, -0.15) is 0 Å². The zero-order valence-electron chi connectivity index (χ0n) is 9.57. The Balaban J connectivity index is 2.32. The van der Waals surface area contributed by atoms with Crippen molar-refractivity contribution >= 4 is 43.3 Å². The Morgan fingerprint density at radius 1 is 1.56 bits per heavy atom. The fourth-order valence-corrected chi connectivity index (χ4v) is 5.70. The Morgan fingerprint density at radius 2 is 2.17 bits per heavy atom. The molecule has 0 bridgehead atoms. The van der Waals surface area contributed by atoms with Crippen molar-refractivity contribution in [2.45, 2.75) is 36.6 Å². The molecule has 0 atom stereocenters. The van der Waals surface area contributed by atoms with Crippen LogP contribution in [-0.2, 0) is 10.0 Å². The lowest BCUT2D eigenvalue weighted by molar-refractivity contribution is 0.0702. The minimum absolute atomic E-state index is 0.000938. The second-order valence-corrected chi connectivity index (χ2v) is 8.59. The van der Waals surface area contributed by atoms with Gasteiger partial charge in [-0.15, -0.1) is 11.3 Å². The number of carbonyl (C=O) groups is 1. The summed E-state index contributed by atoms with van der Waals surface area (Å²) in [5.74, 6) is -1.13. The van der Waals surface area contributed by atoms with Gasteiger partial charge < -0.3 is 5.11 Å². The maximum Gasteiger partial charge on any atom is 0.345 e. The Hall–Kier alpha value is -0.440. The first-order chi connectivity index (χ1) is 8.23. The van der Waals surface area contributed by atoms with Crippen molar-refractivity contribution in [3.63, 3.8) is 0 Å². The molecule has 5 nitrogen and oxygen atoms in total. The molecule has 1 aromatic rings. The van der Waals surface area contributed by atoms with Gasteiger partial charge in [-0.05, 0) is 48.2 Å². The quantitative estimate of drug-likeness (QED) is 0.870. The molecule has 0 radical (unpaired) electrons. The number of hydrogen-bond donors (Lipinski definition) is 2. The van der Waals surface area contributed by atoms with E-state index in [0.717, 1.165) is 30.6 Å². The summed E-state index contributed by atoms with van der Waals surface area (Å²) < 4.78 is 27.3. The summed E-state index contributed by atoms with van der Waals surface area (Å²) in [6, 6.07) is 1.18. The van der Waals surface area contributed by atoms with Crippen molar-refractivity contribution in [3.05, 3.63) is 14.7 Å². The minimum atomic E-state index is -3.67. The summed E-state index contributed by atoms with van der Waals surface area (Å²) in [5, 5.41) is 8.85. The molecule has 0 amide bonds. The second-order valence-electron chi connectivity index (χ2n) is 4.57. The second kappa shape index (κ2) is 4.59. The molecule has 18 heavy (non-hydrogen) atoms. The van der Waals surface area contributed by atoms with Gasteiger partial charge in [-0.25, -0.2) is 17.9 Å². The fraction of sp³-hybridized carbons (Fsp3) is 0.500. The SMILES string of the molecule is CC1(NS(=O)(=O)c2cc(C(=O)O)sc2Br)CCC1. The van der Waals surface area contributed by atoms with Gasteiger partial charge in [0.15, 0.2) is 0 Å². The molecule has 100 valence electrons. The van der Waals surface area contributed by atoms with E-state index in [4.69, 9.17) is 5.11 Å². The van der Waals surface area contributed by atoms with Crippen molar-refractivity contribution in [1.29, 1.82) is 0 Å². The van der Waals surface area contributed by atoms with Crippen LogP contribution in [0.2, 0.25) is 0 Å². The van der Waals surface area contributed by atoms with Crippen LogP contribution >= 0.6 is 27.3 Å². The molecule has 1 fully saturated rings. The molecule has 2 rings (SSSR count). The average Bonchev–Trinajstić information content (AvgIpc) is 2.58. The summed E-state index contributed by atoms with van der Waals surface area (Å²) in [4.78, 5) is 10.8. The van der Waals surface area contributed by atoms with Crippen molar-refractivity contribution in [1.82, 2.24) is 4.72 Å². The third-order valence-corrected chi connectivity index (χ3v) is 6.87. The number of aromatic carboxylic acids is 1. The van der Waals surface area contributed by atoms with E-state index < -0.39 is 21.5 Å². The molecule has 0 saturated heterocycles. The Bertz CT molecular complexity index is 589. The monoisotopic (exact) mass is 353 g/mol. The zero-order chi connectivity index (χ0) is 13.6. The van der Waals surface area contributed by atoms with Gasteiger partial charge in [0.1, 0.15) is 9.77 Å². The van der Waals surface area contributed by atoms with E-state index in [1.165, 1.54) is 6.07 Å². The van der Waals surface area contributed by atoms with Crippen LogP contribution < -0.4 is 4.72 Å². The molecule has 0 spiro atoms. The number of hydrogen-bond acceptors (Lipinski definition) is 4. The third kappa shape index (κ3) is 2.61. The van der Waals surface area contributed by atoms with Crippen LogP contribution in [0.1, 0.15) is 35.9 Å². The Kier molecular flexibility index (Phi) is 3.56. The third-order valence-electron chi connectivity index (χ3n) is 2.99. The van der Waals surface area contributed by atoms with Crippen molar-refractivity contribution in [2.75, 3.05) is 0 Å². The van der Waals surface area contributed by atoms with Gasteiger partial charge in [0.2, 0.25) is 10.0 Å². The summed E-state index contributed by atoms with van der Waals surface area (Å²) >= 11 is 4.00. The molecule has 1 aromatic heterocycles. The van der Waals surface area contributed by atoms with E-state index in [1.54, 1.807) is 0 Å². The zero-order valence-corrected chi connectivity index (χ0v) is 12.8. The predicted molar refractivity (Wildman–Crippen MR) is 71.6 cm³/mol. The van der Waals surface area contributed by atoms with E-state index in [0.29, 0.717) is 3.79 Å². The van der Waals surface area contributed by atoms with Crippen LogP contribution in [0.4, 0.5) is 0 Å². The Morgan fingerprint density at radius 3 is 2.56 bits per heavy atom. The summed E-state index contributed by atoms with van der Waals surface area (Å²) in [5.41, 5.74) is -0.399. The normalized spacial score (nSPS) is 18.3. The molecular formula is C10H12BrNO4S2. The van der Waals surface area contributed by atoms with Crippen LogP contribution in [0.25, 0.3) is 0 Å². The predicted octanol–water partition coefficient (Wildman–Crippen LogP) is 2.43. The minimum Gasteiger partial charge on any atom is -0.477 e. The molecule has 0 aromatic carbocycles. The molecule has 1 aliphatic rings. The maximum atomic E-state index is 12.2. The molecular weight excluding hydrogens is 342 g/mol. The van der Waals surface area contributed by atoms with E-state index in [1.807, 2.05) is 6.92 Å². The molecule has 1 saturated carbocycles. The van der Waals surface area contributed by atoms with Gasteiger partial charge in [-0.3, -0.25) is 0 Å². The number of halogens is 1. The van der Waals surface area contributed by atoms with Crippen LogP contribution in [0.3, 0.4) is 0 Å². The standard InChI is InChI=1S/C10H12BrNO4S2/c1-10(3-2-4-10)12-18(15,16)7-5-6(9(13)14)17-8(7)11/h5,12H,2-4H2,1H3,(H,13,14). The number of nitrogens with one attached hydrogen (secondary N) is 1. The molecule has 1 aliphatic carbocycles. The lowest BCUT2D eigenvalue weighted by Crippen LogP contribution is -2.50. The topological polar surface area (TPSA) is 83.5 Å². The van der Waals surface area contributed by atoms with Gasteiger partial charge >= 0.3 is 5.97 Å². The highest BCUT2D eigenvalue weighted by atomic mass is 79.9. The first kappa shape index (κ1) is 14.0. The van der Waals surface area contributed by atoms with Crippen LogP contribution in [-0.4, -0.2) is 25.0 Å². The smallest absolute Gasteiger partial charge is 0.345 e. The van der Waals surface area contributed by atoms with E-state index in [9.17, 15) is 13.2 Å². The Labute approximate surface area is 117 Å². The molecule has 2 N–H and O–H groups in total. The van der Waals surface area contributed by atoms with Crippen LogP contribution in [0.15, 0.2) is 14.7 Å². The number of carboxylic acids is 1. The molecule has 8 heteroatoms. The average molecular weight is 354 g/mol. The van der Waals surface area contributed by atoms with Crippen LogP contribution in [0, 0.1) is 0 Å². The largest absolute Gasteiger partial charge is 0.477 e. The lowest BCUT2D eigenvalue weighted by atomic mass is 9.80. The van der Waals surface area contributed by atoms with E-state index in [2.05, 4.69) is 20.7 Å². The number of sulfonamides is 1. The first-order valence-electron chi connectivity index (χ1n) is 5.30. The lowest BCUT2D eigenvalue weighted by Gasteiger charge is -2.38. The van der Waals surface area contributed by atoms with Gasteiger partial charge in [-0.1, -0.05) is 0 Å². The van der Waals surface area contributed by atoms with Gasteiger partial charge in [0.05, 0.1) is 3.79 Å². The molecule has 0 aliphatic heterocycles. The number of thiophene rings is 1.